The van der Waals surface area contributed by atoms with E-state index >= 15 is 0 Å². The van der Waals surface area contributed by atoms with E-state index in [1.807, 2.05) is 43.3 Å². The van der Waals surface area contributed by atoms with Crippen LogP contribution in [-0.4, -0.2) is 39.9 Å². The molecule has 170 valence electrons. The SMILES string of the molecule is CCCCOc1ccc(CCC(=O)NCCc2ccc(OC)c(OC)c2)cc1OCC. The van der Waals surface area contributed by atoms with Gasteiger partial charge in [0.2, 0.25) is 5.91 Å². The van der Waals surface area contributed by atoms with Crippen LogP contribution in [0.5, 0.6) is 23.0 Å². The summed E-state index contributed by atoms with van der Waals surface area (Å²) in [6.07, 6.45) is 3.90. The van der Waals surface area contributed by atoms with Gasteiger partial charge in [0.1, 0.15) is 0 Å². The van der Waals surface area contributed by atoms with Crippen LogP contribution in [0.2, 0.25) is 0 Å². The Morgan fingerprint density at radius 3 is 2.19 bits per heavy atom. The molecule has 6 nitrogen and oxygen atoms in total. The van der Waals surface area contributed by atoms with Gasteiger partial charge in [0, 0.05) is 13.0 Å². The molecule has 31 heavy (non-hydrogen) atoms. The second-order valence-corrected chi connectivity index (χ2v) is 7.21. The van der Waals surface area contributed by atoms with Gasteiger partial charge in [0.05, 0.1) is 27.4 Å². The van der Waals surface area contributed by atoms with E-state index in [1.54, 1.807) is 14.2 Å². The van der Waals surface area contributed by atoms with Crippen molar-refractivity contribution in [3.8, 4) is 23.0 Å². The van der Waals surface area contributed by atoms with E-state index in [-0.39, 0.29) is 5.91 Å². The fraction of sp³-hybridized carbons (Fsp3) is 0.480. The van der Waals surface area contributed by atoms with Gasteiger partial charge in [-0.25, -0.2) is 0 Å². The number of nitrogens with one attached hydrogen (secondary N) is 1. The highest BCUT2D eigenvalue weighted by Gasteiger charge is 2.09. The smallest absolute Gasteiger partial charge is 0.220 e. The molecule has 0 unspecified atom stereocenters. The largest absolute Gasteiger partial charge is 0.493 e. The average Bonchev–Trinajstić information content (AvgIpc) is 2.79. The Bertz CT molecular complexity index is 822. The van der Waals surface area contributed by atoms with Gasteiger partial charge in [-0.1, -0.05) is 25.5 Å². The second kappa shape index (κ2) is 13.4. The standard InChI is InChI=1S/C25H35NO5/c1-5-7-16-31-22-12-9-19(18-24(22)30-6-2)10-13-25(27)26-15-14-20-8-11-21(28-3)23(17-20)29-4/h8-9,11-12,17-18H,5-7,10,13-16H2,1-4H3,(H,26,27). The van der Waals surface area contributed by atoms with Gasteiger partial charge in [-0.05, 0) is 61.6 Å². The number of unbranched alkanes of at least 4 members (excludes halogenated alkanes) is 1. The van der Waals surface area contributed by atoms with E-state index in [2.05, 4.69) is 12.2 Å². The van der Waals surface area contributed by atoms with Crippen molar-refractivity contribution in [1.29, 1.82) is 0 Å². The van der Waals surface area contributed by atoms with E-state index in [0.29, 0.717) is 44.1 Å². The Morgan fingerprint density at radius 2 is 1.52 bits per heavy atom. The summed E-state index contributed by atoms with van der Waals surface area (Å²) in [4.78, 5) is 12.3. The normalized spacial score (nSPS) is 10.5. The van der Waals surface area contributed by atoms with Crippen molar-refractivity contribution in [2.24, 2.45) is 0 Å². The zero-order chi connectivity index (χ0) is 22.5. The topological polar surface area (TPSA) is 66.0 Å². The third-order valence-electron chi connectivity index (χ3n) is 4.89. The summed E-state index contributed by atoms with van der Waals surface area (Å²) in [6, 6.07) is 11.7. The van der Waals surface area contributed by atoms with Crippen molar-refractivity contribution in [3.05, 3.63) is 47.5 Å². The Morgan fingerprint density at radius 1 is 0.839 bits per heavy atom. The van der Waals surface area contributed by atoms with Gasteiger partial charge < -0.3 is 24.3 Å². The molecule has 2 aromatic rings. The highest BCUT2D eigenvalue weighted by Crippen LogP contribution is 2.29. The monoisotopic (exact) mass is 429 g/mol. The lowest BCUT2D eigenvalue weighted by Gasteiger charge is -2.13. The minimum Gasteiger partial charge on any atom is -0.493 e. The zero-order valence-corrected chi connectivity index (χ0v) is 19.2. The first-order valence-corrected chi connectivity index (χ1v) is 11.0. The highest BCUT2D eigenvalue weighted by molar-refractivity contribution is 5.76. The molecule has 0 aliphatic heterocycles. The number of carbonyl (C=O) groups is 1. The summed E-state index contributed by atoms with van der Waals surface area (Å²) in [6.45, 7) is 5.91. The summed E-state index contributed by atoms with van der Waals surface area (Å²) in [5.74, 6) is 2.92. The van der Waals surface area contributed by atoms with Crippen LogP contribution >= 0.6 is 0 Å². The van der Waals surface area contributed by atoms with Crippen molar-refractivity contribution < 1.29 is 23.7 Å². The molecule has 0 atom stereocenters. The molecule has 0 aliphatic carbocycles. The molecule has 0 saturated carbocycles. The van der Waals surface area contributed by atoms with Crippen molar-refractivity contribution in [3.63, 3.8) is 0 Å². The first kappa shape index (κ1) is 24.4. The lowest BCUT2D eigenvalue weighted by molar-refractivity contribution is -0.121. The number of hydrogen-bond donors (Lipinski definition) is 1. The molecule has 0 spiro atoms. The maximum absolute atomic E-state index is 12.3. The molecule has 0 aliphatic rings. The van der Waals surface area contributed by atoms with E-state index in [9.17, 15) is 4.79 Å². The zero-order valence-electron chi connectivity index (χ0n) is 19.2. The van der Waals surface area contributed by atoms with E-state index < -0.39 is 0 Å². The summed E-state index contributed by atoms with van der Waals surface area (Å²) < 4.78 is 22.1. The minimum absolute atomic E-state index is 0.0294. The molecule has 0 saturated heterocycles. The molecule has 0 radical (unpaired) electrons. The van der Waals surface area contributed by atoms with Gasteiger partial charge in [-0.3, -0.25) is 4.79 Å². The molecule has 2 aromatic carbocycles. The number of methoxy groups -OCH3 is 2. The summed E-state index contributed by atoms with van der Waals surface area (Å²) in [7, 11) is 3.23. The first-order valence-electron chi connectivity index (χ1n) is 11.0. The average molecular weight is 430 g/mol. The highest BCUT2D eigenvalue weighted by atomic mass is 16.5. The number of rotatable bonds is 14. The predicted molar refractivity (Wildman–Crippen MR) is 123 cm³/mol. The number of benzene rings is 2. The van der Waals surface area contributed by atoms with Gasteiger partial charge in [-0.2, -0.15) is 0 Å². The number of aryl methyl sites for hydroxylation is 1. The van der Waals surface area contributed by atoms with Crippen molar-refractivity contribution in [2.45, 2.75) is 46.0 Å². The van der Waals surface area contributed by atoms with Gasteiger partial charge in [0.25, 0.3) is 0 Å². The van der Waals surface area contributed by atoms with E-state index in [4.69, 9.17) is 18.9 Å². The third-order valence-corrected chi connectivity index (χ3v) is 4.89. The van der Waals surface area contributed by atoms with E-state index in [1.165, 1.54) is 0 Å². The molecule has 0 heterocycles. The van der Waals surface area contributed by atoms with Gasteiger partial charge in [-0.15, -0.1) is 0 Å². The predicted octanol–water partition coefficient (Wildman–Crippen LogP) is 4.57. The Hall–Kier alpha value is -2.89. The van der Waals surface area contributed by atoms with Crippen molar-refractivity contribution >= 4 is 5.91 Å². The summed E-state index contributed by atoms with van der Waals surface area (Å²) in [5, 5.41) is 2.99. The molecular formula is C25H35NO5. The Labute approximate surface area is 185 Å². The van der Waals surface area contributed by atoms with Crippen LogP contribution in [0.3, 0.4) is 0 Å². The van der Waals surface area contributed by atoms with Crippen molar-refractivity contribution in [1.82, 2.24) is 5.32 Å². The molecule has 0 aromatic heterocycles. The summed E-state index contributed by atoms with van der Waals surface area (Å²) in [5.41, 5.74) is 2.14. The van der Waals surface area contributed by atoms with Crippen LogP contribution in [0.1, 0.15) is 44.2 Å². The first-order chi connectivity index (χ1) is 15.1. The second-order valence-electron chi connectivity index (χ2n) is 7.21. The quantitative estimate of drug-likeness (QED) is 0.446. The summed E-state index contributed by atoms with van der Waals surface area (Å²) >= 11 is 0. The fourth-order valence-corrected chi connectivity index (χ4v) is 3.15. The van der Waals surface area contributed by atoms with Crippen molar-refractivity contribution in [2.75, 3.05) is 34.0 Å². The maximum Gasteiger partial charge on any atom is 0.220 e. The Kier molecular flexibility index (Phi) is 10.6. The molecule has 1 N–H and O–H groups in total. The molecule has 1 amide bonds. The number of carbonyl (C=O) groups excluding carboxylic acids is 1. The van der Waals surface area contributed by atoms with Crippen LogP contribution in [0, 0.1) is 0 Å². The molecule has 0 bridgehead atoms. The molecule has 6 heteroatoms. The maximum atomic E-state index is 12.3. The van der Waals surface area contributed by atoms with Crippen LogP contribution < -0.4 is 24.3 Å². The molecule has 0 fully saturated rings. The minimum atomic E-state index is 0.0294. The van der Waals surface area contributed by atoms with E-state index in [0.717, 1.165) is 41.9 Å². The van der Waals surface area contributed by atoms with Crippen LogP contribution in [0.15, 0.2) is 36.4 Å². The fourth-order valence-electron chi connectivity index (χ4n) is 3.15. The van der Waals surface area contributed by atoms with Gasteiger partial charge in [0.15, 0.2) is 23.0 Å². The number of amides is 1. The number of ether oxygens (including phenoxy) is 4. The van der Waals surface area contributed by atoms with Crippen LogP contribution in [0.4, 0.5) is 0 Å². The van der Waals surface area contributed by atoms with Crippen LogP contribution in [-0.2, 0) is 17.6 Å². The van der Waals surface area contributed by atoms with Crippen LogP contribution in [0.25, 0.3) is 0 Å². The third kappa shape index (κ3) is 8.04. The van der Waals surface area contributed by atoms with Gasteiger partial charge >= 0.3 is 0 Å². The molecule has 2 rings (SSSR count). The number of hydrogen-bond acceptors (Lipinski definition) is 5. The lowest BCUT2D eigenvalue weighted by Crippen LogP contribution is -2.25. The lowest BCUT2D eigenvalue weighted by atomic mass is 10.1. The Balaban J connectivity index is 1.81. The molecular weight excluding hydrogens is 394 g/mol.